The molecular weight excluding hydrogens is 290 g/mol. The molecule has 0 unspecified atom stereocenters. The van der Waals surface area contributed by atoms with Crippen molar-refractivity contribution in [1.82, 2.24) is 0 Å². The van der Waals surface area contributed by atoms with Gasteiger partial charge >= 0.3 is 5.97 Å². The fourth-order valence-electron chi connectivity index (χ4n) is 1.63. The van der Waals surface area contributed by atoms with Gasteiger partial charge in [-0.25, -0.2) is 0 Å². The second-order valence-corrected chi connectivity index (χ2v) is 4.51. The van der Waals surface area contributed by atoms with Crippen LogP contribution in [0.25, 0.3) is 0 Å². The third kappa shape index (κ3) is 2.58. The van der Waals surface area contributed by atoms with Crippen molar-refractivity contribution in [2.75, 3.05) is 18.1 Å². The van der Waals surface area contributed by atoms with Crippen molar-refractivity contribution in [2.24, 2.45) is 0 Å². The molecule has 0 bridgehead atoms. The first-order chi connectivity index (χ1) is 8.08. The number of anilines is 1. The summed E-state index contributed by atoms with van der Waals surface area (Å²) in [5.41, 5.74) is 0.608. The molecule has 1 aliphatic heterocycles. The first-order valence-electron chi connectivity index (χ1n) is 5.02. The van der Waals surface area contributed by atoms with Crippen molar-refractivity contribution in [2.45, 2.75) is 6.42 Å². The highest BCUT2D eigenvalue weighted by molar-refractivity contribution is 9.10. The molecule has 1 aromatic carbocycles. The van der Waals surface area contributed by atoms with Crippen LogP contribution >= 0.6 is 15.9 Å². The summed E-state index contributed by atoms with van der Waals surface area (Å²) in [6, 6.07) is 5.30. The monoisotopic (exact) mass is 299 g/mol. The minimum atomic E-state index is -0.930. The number of carbonyl (C=O) groups excluding carboxylic acids is 1. The maximum atomic E-state index is 11.7. The van der Waals surface area contributed by atoms with Crippen LogP contribution in [0.3, 0.4) is 0 Å². The molecule has 90 valence electrons. The van der Waals surface area contributed by atoms with E-state index in [2.05, 4.69) is 15.9 Å². The molecule has 0 saturated heterocycles. The van der Waals surface area contributed by atoms with Gasteiger partial charge in [0.25, 0.3) is 5.91 Å². The van der Waals surface area contributed by atoms with E-state index in [-0.39, 0.29) is 25.5 Å². The molecule has 1 N–H and O–H groups in total. The molecule has 0 aliphatic carbocycles. The fourth-order valence-corrected chi connectivity index (χ4v) is 1.98. The average Bonchev–Trinajstić information content (AvgIpc) is 2.27. The molecule has 0 radical (unpaired) electrons. The number of benzene rings is 1. The largest absolute Gasteiger partial charge is 0.482 e. The third-order valence-electron chi connectivity index (χ3n) is 2.41. The molecule has 0 aromatic heterocycles. The zero-order valence-corrected chi connectivity index (χ0v) is 10.4. The quantitative estimate of drug-likeness (QED) is 0.921. The van der Waals surface area contributed by atoms with Gasteiger partial charge in [0, 0.05) is 11.0 Å². The van der Waals surface area contributed by atoms with Gasteiger partial charge in [-0.1, -0.05) is 15.9 Å². The standard InChI is InChI=1S/C11H10BrNO4/c12-7-1-2-9-8(5-7)13(4-3-11(15)16)10(14)6-17-9/h1-2,5H,3-4,6H2,(H,15,16). The molecule has 5 nitrogen and oxygen atoms in total. The summed E-state index contributed by atoms with van der Waals surface area (Å²) in [5, 5.41) is 8.65. The van der Waals surface area contributed by atoms with E-state index in [0.717, 1.165) is 4.47 Å². The predicted molar refractivity (Wildman–Crippen MR) is 64.2 cm³/mol. The van der Waals surface area contributed by atoms with Gasteiger partial charge in [-0.3, -0.25) is 9.59 Å². The highest BCUT2D eigenvalue weighted by atomic mass is 79.9. The van der Waals surface area contributed by atoms with Crippen LogP contribution in [-0.2, 0) is 9.59 Å². The van der Waals surface area contributed by atoms with Gasteiger partial charge < -0.3 is 14.7 Å². The van der Waals surface area contributed by atoms with Crippen LogP contribution in [0.1, 0.15) is 6.42 Å². The summed E-state index contributed by atoms with van der Waals surface area (Å²) < 4.78 is 6.08. The smallest absolute Gasteiger partial charge is 0.305 e. The van der Waals surface area contributed by atoms with Crippen molar-refractivity contribution in [3.8, 4) is 5.75 Å². The van der Waals surface area contributed by atoms with Crippen molar-refractivity contribution >= 4 is 33.5 Å². The van der Waals surface area contributed by atoms with Gasteiger partial charge in [-0.2, -0.15) is 0 Å². The zero-order valence-electron chi connectivity index (χ0n) is 8.85. The van der Waals surface area contributed by atoms with Crippen LogP contribution in [0.2, 0.25) is 0 Å². The number of aliphatic carboxylic acids is 1. The molecule has 0 atom stereocenters. The molecule has 1 heterocycles. The van der Waals surface area contributed by atoms with E-state index < -0.39 is 5.97 Å². The molecular formula is C11H10BrNO4. The Morgan fingerprint density at radius 3 is 3.00 bits per heavy atom. The van der Waals surface area contributed by atoms with Gasteiger partial charge in [0.05, 0.1) is 12.1 Å². The first-order valence-corrected chi connectivity index (χ1v) is 5.82. The predicted octanol–water partition coefficient (Wildman–Crippen LogP) is 1.65. The van der Waals surface area contributed by atoms with E-state index in [0.29, 0.717) is 11.4 Å². The molecule has 0 fully saturated rings. The number of halogens is 1. The summed E-state index contributed by atoms with van der Waals surface area (Å²) in [6.45, 7) is 0.106. The Labute approximate surface area is 106 Å². The molecule has 1 aliphatic rings. The lowest BCUT2D eigenvalue weighted by Gasteiger charge is -2.29. The van der Waals surface area contributed by atoms with Gasteiger partial charge in [-0.05, 0) is 18.2 Å². The van der Waals surface area contributed by atoms with Gasteiger partial charge in [0.15, 0.2) is 6.61 Å². The normalized spacial score (nSPS) is 14.2. The molecule has 1 aromatic rings. The molecule has 1 amide bonds. The molecule has 17 heavy (non-hydrogen) atoms. The third-order valence-corrected chi connectivity index (χ3v) is 2.91. The van der Waals surface area contributed by atoms with E-state index in [4.69, 9.17) is 9.84 Å². The number of amides is 1. The zero-order chi connectivity index (χ0) is 12.4. The van der Waals surface area contributed by atoms with E-state index in [1.54, 1.807) is 12.1 Å². The Morgan fingerprint density at radius 2 is 2.29 bits per heavy atom. The number of rotatable bonds is 3. The topological polar surface area (TPSA) is 66.8 Å². The van der Waals surface area contributed by atoms with Crippen LogP contribution in [0.4, 0.5) is 5.69 Å². The lowest BCUT2D eigenvalue weighted by Crippen LogP contribution is -2.40. The lowest BCUT2D eigenvalue weighted by atomic mass is 10.2. The highest BCUT2D eigenvalue weighted by Crippen LogP contribution is 2.34. The van der Waals surface area contributed by atoms with E-state index in [1.807, 2.05) is 6.07 Å². The van der Waals surface area contributed by atoms with Gasteiger partial charge in [0.1, 0.15) is 5.75 Å². The average molecular weight is 300 g/mol. The molecule has 2 rings (SSSR count). The number of fused-ring (bicyclic) bond motifs is 1. The molecule has 0 spiro atoms. The number of hydrogen-bond acceptors (Lipinski definition) is 3. The second-order valence-electron chi connectivity index (χ2n) is 3.59. The van der Waals surface area contributed by atoms with Crippen LogP contribution in [0, 0.1) is 0 Å². The van der Waals surface area contributed by atoms with Crippen LogP contribution in [-0.4, -0.2) is 30.1 Å². The summed E-state index contributed by atoms with van der Waals surface area (Å²) in [5.74, 6) is -0.559. The minimum absolute atomic E-state index is 0.0474. The Balaban J connectivity index is 2.28. The Kier molecular flexibility index (Phi) is 3.33. The lowest BCUT2D eigenvalue weighted by molar-refractivity contribution is -0.136. The molecule has 6 heteroatoms. The van der Waals surface area contributed by atoms with Crippen molar-refractivity contribution in [3.63, 3.8) is 0 Å². The first kappa shape index (κ1) is 11.9. The fraction of sp³-hybridized carbons (Fsp3) is 0.273. The molecule has 0 saturated carbocycles. The number of ether oxygens (including phenoxy) is 1. The second kappa shape index (κ2) is 4.75. The number of carbonyl (C=O) groups is 2. The highest BCUT2D eigenvalue weighted by Gasteiger charge is 2.25. The van der Waals surface area contributed by atoms with Gasteiger partial charge in [0.2, 0.25) is 0 Å². The number of hydrogen-bond donors (Lipinski definition) is 1. The summed E-state index contributed by atoms with van der Waals surface area (Å²) in [7, 11) is 0. The van der Waals surface area contributed by atoms with Crippen molar-refractivity contribution in [3.05, 3.63) is 22.7 Å². The SMILES string of the molecule is O=C(O)CCN1C(=O)COc2ccc(Br)cc21. The van der Waals surface area contributed by atoms with E-state index in [9.17, 15) is 9.59 Å². The van der Waals surface area contributed by atoms with Crippen molar-refractivity contribution < 1.29 is 19.4 Å². The summed E-state index contributed by atoms with van der Waals surface area (Å²) in [4.78, 5) is 23.7. The maximum absolute atomic E-state index is 11.7. The Bertz CT molecular complexity index is 475. The summed E-state index contributed by atoms with van der Waals surface area (Å²) >= 11 is 3.31. The number of carboxylic acids is 1. The Morgan fingerprint density at radius 1 is 1.53 bits per heavy atom. The summed E-state index contributed by atoms with van der Waals surface area (Å²) in [6.07, 6.45) is -0.0856. The van der Waals surface area contributed by atoms with Crippen LogP contribution in [0.15, 0.2) is 22.7 Å². The van der Waals surface area contributed by atoms with E-state index in [1.165, 1.54) is 4.90 Å². The van der Waals surface area contributed by atoms with Gasteiger partial charge in [-0.15, -0.1) is 0 Å². The minimum Gasteiger partial charge on any atom is -0.482 e. The Hall–Kier alpha value is -1.56. The maximum Gasteiger partial charge on any atom is 0.305 e. The van der Waals surface area contributed by atoms with E-state index >= 15 is 0 Å². The van der Waals surface area contributed by atoms with Crippen molar-refractivity contribution in [1.29, 1.82) is 0 Å². The number of carboxylic acid groups (broad SMARTS) is 1. The van der Waals surface area contributed by atoms with Crippen LogP contribution < -0.4 is 9.64 Å². The van der Waals surface area contributed by atoms with Crippen LogP contribution in [0.5, 0.6) is 5.75 Å². The number of nitrogens with zero attached hydrogens (tertiary/aromatic N) is 1.